The predicted octanol–water partition coefficient (Wildman–Crippen LogP) is 4.19. The molecule has 2 aromatic rings. The summed E-state index contributed by atoms with van der Waals surface area (Å²) in [5.41, 5.74) is 3.07. The van der Waals surface area contributed by atoms with E-state index >= 15 is 0 Å². The molecule has 2 N–H and O–H groups in total. The number of likely N-dealkylation sites (tertiary alicyclic amines) is 1. The highest BCUT2D eigenvalue weighted by molar-refractivity contribution is 5.94. The first-order chi connectivity index (χ1) is 16.1. The molecule has 2 fully saturated rings. The molecule has 0 atom stereocenters. The topological polar surface area (TPSA) is 75.7 Å². The average molecular weight is 453 g/mol. The van der Waals surface area contributed by atoms with E-state index in [4.69, 9.17) is 9.47 Å². The summed E-state index contributed by atoms with van der Waals surface area (Å²) in [6.07, 6.45) is 5.92. The molecular formula is C26H36N4O3. The van der Waals surface area contributed by atoms with Gasteiger partial charge >= 0.3 is 0 Å². The number of nitrogens with one attached hydrogen (secondary N) is 2. The molecule has 4 rings (SSSR count). The zero-order valence-electron chi connectivity index (χ0n) is 20.0. The molecule has 1 aromatic carbocycles. The molecule has 33 heavy (non-hydrogen) atoms. The molecule has 1 saturated carbocycles. The molecule has 0 radical (unpaired) electrons. The van der Waals surface area contributed by atoms with Crippen molar-refractivity contribution in [2.24, 2.45) is 0 Å². The minimum absolute atomic E-state index is 0.0537. The van der Waals surface area contributed by atoms with Crippen molar-refractivity contribution in [3.63, 3.8) is 0 Å². The van der Waals surface area contributed by atoms with Crippen LogP contribution in [-0.2, 0) is 6.54 Å². The number of hydrogen-bond acceptors (Lipinski definition) is 6. The summed E-state index contributed by atoms with van der Waals surface area (Å²) in [5, 5.41) is 6.14. The second kappa shape index (κ2) is 10.9. The monoisotopic (exact) mass is 452 g/mol. The second-order valence-corrected chi connectivity index (χ2v) is 8.85. The fourth-order valence-electron chi connectivity index (χ4n) is 4.51. The normalized spacial score (nSPS) is 16.9. The maximum Gasteiger partial charge on any atom is 0.253 e. The van der Waals surface area contributed by atoms with Crippen molar-refractivity contribution in [2.75, 3.05) is 38.7 Å². The van der Waals surface area contributed by atoms with E-state index in [-0.39, 0.29) is 11.9 Å². The number of benzene rings is 1. The van der Waals surface area contributed by atoms with E-state index in [0.29, 0.717) is 24.7 Å². The number of carbonyl (C=O) groups excluding carboxylic acids is 1. The molecule has 178 valence electrons. The molecule has 1 aliphatic heterocycles. The summed E-state index contributed by atoms with van der Waals surface area (Å²) in [6, 6.07) is 8.22. The smallest absolute Gasteiger partial charge is 0.253 e. The van der Waals surface area contributed by atoms with Crippen LogP contribution in [-0.4, -0.2) is 55.2 Å². The van der Waals surface area contributed by atoms with E-state index in [0.717, 1.165) is 49.8 Å². The van der Waals surface area contributed by atoms with Crippen molar-refractivity contribution in [1.82, 2.24) is 15.2 Å². The van der Waals surface area contributed by atoms with E-state index in [9.17, 15) is 4.79 Å². The molecule has 0 bridgehead atoms. The molecule has 2 heterocycles. The molecule has 1 aliphatic carbocycles. The minimum Gasteiger partial charge on any atom is -0.493 e. The molecule has 0 unspecified atom stereocenters. The van der Waals surface area contributed by atoms with Gasteiger partial charge in [-0.3, -0.25) is 9.69 Å². The van der Waals surface area contributed by atoms with Gasteiger partial charge in [0.25, 0.3) is 5.91 Å². The van der Waals surface area contributed by atoms with Gasteiger partial charge in [-0.25, -0.2) is 4.98 Å². The Labute approximate surface area is 196 Å². The number of aromatic nitrogens is 1. The van der Waals surface area contributed by atoms with Crippen molar-refractivity contribution in [3.8, 4) is 11.5 Å². The molecule has 1 amide bonds. The van der Waals surface area contributed by atoms with Crippen molar-refractivity contribution in [2.45, 2.75) is 58.0 Å². The van der Waals surface area contributed by atoms with Crippen molar-refractivity contribution in [3.05, 3.63) is 47.2 Å². The third-order valence-corrected chi connectivity index (χ3v) is 6.36. The van der Waals surface area contributed by atoms with Crippen LogP contribution < -0.4 is 20.1 Å². The summed E-state index contributed by atoms with van der Waals surface area (Å²) in [4.78, 5) is 19.2. The number of carbonyl (C=O) groups is 1. The highest BCUT2D eigenvalue weighted by Crippen LogP contribution is 2.49. The van der Waals surface area contributed by atoms with Crippen LogP contribution in [0.2, 0.25) is 0 Å². The molecule has 1 aromatic heterocycles. The largest absolute Gasteiger partial charge is 0.493 e. The third kappa shape index (κ3) is 5.96. The highest BCUT2D eigenvalue weighted by Gasteiger charge is 2.31. The number of pyridine rings is 1. The van der Waals surface area contributed by atoms with E-state index in [2.05, 4.69) is 32.7 Å². The highest BCUT2D eigenvalue weighted by atomic mass is 16.5. The number of hydrogen-bond donors (Lipinski definition) is 2. The Morgan fingerprint density at radius 3 is 2.24 bits per heavy atom. The Morgan fingerprint density at radius 2 is 1.73 bits per heavy atom. The van der Waals surface area contributed by atoms with Gasteiger partial charge in [0.05, 0.1) is 18.8 Å². The Hall–Kier alpha value is -2.80. The van der Waals surface area contributed by atoms with Gasteiger partial charge in [0.1, 0.15) is 17.3 Å². The standard InChI is InChI=1S/C26H36N4O3/c1-4-32-22-14-18(15-23(33-5-2)25(22)19-6-7-19)17-30-12-10-21(11-13-30)29-26(31)20-8-9-24(27-3)28-16-20/h8-9,14-16,19,21H,4-7,10-13,17H2,1-3H3,(H,27,28)(H,29,31). The lowest BCUT2D eigenvalue weighted by atomic mass is 10.0. The lowest BCUT2D eigenvalue weighted by Gasteiger charge is -2.32. The third-order valence-electron chi connectivity index (χ3n) is 6.36. The SMILES string of the molecule is CCOc1cc(CN2CCC(NC(=O)c3ccc(NC)nc3)CC2)cc(OCC)c1C1CC1. The van der Waals surface area contributed by atoms with Gasteiger partial charge < -0.3 is 20.1 Å². The number of amides is 1. The first-order valence-electron chi connectivity index (χ1n) is 12.2. The van der Waals surface area contributed by atoms with Crippen molar-refractivity contribution < 1.29 is 14.3 Å². The number of rotatable bonds is 10. The van der Waals surface area contributed by atoms with Crippen LogP contribution in [0.5, 0.6) is 11.5 Å². The number of anilines is 1. The van der Waals surface area contributed by atoms with Gasteiger partial charge in [0.15, 0.2) is 0 Å². The molecule has 2 aliphatic rings. The van der Waals surface area contributed by atoms with Crippen molar-refractivity contribution in [1.29, 1.82) is 0 Å². The zero-order valence-corrected chi connectivity index (χ0v) is 20.0. The second-order valence-electron chi connectivity index (χ2n) is 8.85. The van der Waals surface area contributed by atoms with Gasteiger partial charge in [-0.05, 0) is 75.3 Å². The van der Waals surface area contributed by atoms with Crippen LogP contribution in [0.25, 0.3) is 0 Å². The van der Waals surface area contributed by atoms with Crippen molar-refractivity contribution >= 4 is 11.7 Å². The first-order valence-corrected chi connectivity index (χ1v) is 12.2. The predicted molar refractivity (Wildman–Crippen MR) is 130 cm³/mol. The van der Waals surface area contributed by atoms with Gasteiger partial charge in [0.2, 0.25) is 0 Å². The molecular weight excluding hydrogens is 416 g/mol. The van der Waals surface area contributed by atoms with Gasteiger partial charge in [0, 0.05) is 44.5 Å². The number of ether oxygens (including phenoxy) is 2. The number of piperidine rings is 1. The van der Waals surface area contributed by atoms with Crippen LogP contribution in [0.4, 0.5) is 5.82 Å². The Bertz CT molecular complexity index is 908. The molecule has 7 heteroatoms. The van der Waals surface area contributed by atoms with Crippen LogP contribution in [0, 0.1) is 0 Å². The van der Waals surface area contributed by atoms with Gasteiger partial charge in [-0.15, -0.1) is 0 Å². The average Bonchev–Trinajstić information content (AvgIpc) is 3.66. The maximum absolute atomic E-state index is 12.6. The minimum atomic E-state index is -0.0537. The lowest BCUT2D eigenvalue weighted by Crippen LogP contribution is -2.44. The summed E-state index contributed by atoms with van der Waals surface area (Å²) in [7, 11) is 1.81. The maximum atomic E-state index is 12.6. The van der Waals surface area contributed by atoms with Crippen LogP contribution in [0.3, 0.4) is 0 Å². The Balaban J connectivity index is 1.35. The Morgan fingerprint density at radius 1 is 1.06 bits per heavy atom. The fourth-order valence-corrected chi connectivity index (χ4v) is 4.51. The van der Waals surface area contributed by atoms with E-state index in [1.54, 1.807) is 12.3 Å². The fraction of sp³-hybridized carbons (Fsp3) is 0.538. The lowest BCUT2D eigenvalue weighted by molar-refractivity contribution is 0.0908. The Kier molecular flexibility index (Phi) is 7.70. The zero-order chi connectivity index (χ0) is 23.2. The quantitative estimate of drug-likeness (QED) is 0.563. The summed E-state index contributed by atoms with van der Waals surface area (Å²) in [5.74, 6) is 3.25. The van der Waals surface area contributed by atoms with Gasteiger partial charge in [-0.2, -0.15) is 0 Å². The molecule has 0 spiro atoms. The number of nitrogens with zero attached hydrogens (tertiary/aromatic N) is 2. The summed E-state index contributed by atoms with van der Waals surface area (Å²) < 4.78 is 12.0. The summed E-state index contributed by atoms with van der Waals surface area (Å²) >= 11 is 0. The first kappa shape index (κ1) is 23.4. The van der Waals surface area contributed by atoms with E-state index in [1.165, 1.54) is 24.0 Å². The van der Waals surface area contributed by atoms with E-state index in [1.807, 2.05) is 27.0 Å². The van der Waals surface area contributed by atoms with Crippen LogP contribution >= 0.6 is 0 Å². The van der Waals surface area contributed by atoms with Gasteiger partial charge in [-0.1, -0.05) is 0 Å². The molecule has 7 nitrogen and oxygen atoms in total. The summed E-state index contributed by atoms with van der Waals surface area (Å²) in [6.45, 7) is 8.14. The van der Waals surface area contributed by atoms with Crippen LogP contribution in [0.1, 0.15) is 66.9 Å². The van der Waals surface area contributed by atoms with E-state index < -0.39 is 0 Å². The van der Waals surface area contributed by atoms with Crippen LogP contribution in [0.15, 0.2) is 30.5 Å². The molecule has 1 saturated heterocycles.